The number of hydrogen-bond acceptors (Lipinski definition) is 4. The Hall–Kier alpha value is -2.64. The fraction of sp³-hybridized carbons (Fsp3) is 0.353. The van der Waals surface area contributed by atoms with Crippen LogP contribution in [0.2, 0.25) is 0 Å². The molecular formula is C17H16F3N3O2. The predicted octanol–water partition coefficient (Wildman–Crippen LogP) is 3.01. The van der Waals surface area contributed by atoms with Gasteiger partial charge in [-0.1, -0.05) is 6.07 Å². The average Bonchev–Trinajstić information content (AvgIpc) is 2.58. The van der Waals surface area contributed by atoms with E-state index in [1.165, 1.54) is 6.07 Å². The van der Waals surface area contributed by atoms with Gasteiger partial charge in [0.1, 0.15) is 23.3 Å². The fourth-order valence-electron chi connectivity index (χ4n) is 2.81. The summed E-state index contributed by atoms with van der Waals surface area (Å²) < 4.78 is 45.6. The molecule has 132 valence electrons. The summed E-state index contributed by atoms with van der Waals surface area (Å²) in [4.78, 5) is 19.6. The maximum atomic E-state index is 13.6. The summed E-state index contributed by atoms with van der Waals surface area (Å²) in [6.07, 6.45) is 4.32. The Kier molecular flexibility index (Phi) is 5.16. The average molecular weight is 351 g/mol. The summed E-state index contributed by atoms with van der Waals surface area (Å²) in [7, 11) is 0. The summed E-state index contributed by atoms with van der Waals surface area (Å²) in [5.41, 5.74) is -0.569. The Balaban J connectivity index is 1.52. The van der Waals surface area contributed by atoms with Gasteiger partial charge in [0.25, 0.3) is 5.91 Å². The molecule has 3 rings (SSSR count). The summed E-state index contributed by atoms with van der Waals surface area (Å²) in [6, 6.07) is 3.21. The highest BCUT2D eigenvalue weighted by molar-refractivity contribution is 5.94. The molecule has 1 saturated carbocycles. The van der Waals surface area contributed by atoms with Crippen molar-refractivity contribution in [3.05, 3.63) is 53.6 Å². The molecule has 1 aromatic heterocycles. The number of amides is 1. The first-order chi connectivity index (χ1) is 12.0. The molecule has 1 aromatic carbocycles. The van der Waals surface area contributed by atoms with Crippen LogP contribution in [-0.2, 0) is 0 Å². The van der Waals surface area contributed by atoms with E-state index in [1.54, 1.807) is 0 Å². The van der Waals surface area contributed by atoms with Crippen LogP contribution in [-0.4, -0.2) is 28.0 Å². The number of carbonyl (C=O) groups is 1. The minimum atomic E-state index is -0.886. The molecule has 0 spiro atoms. The van der Waals surface area contributed by atoms with E-state index in [-0.39, 0.29) is 18.2 Å². The molecule has 0 unspecified atom stereocenters. The van der Waals surface area contributed by atoms with Gasteiger partial charge < -0.3 is 10.1 Å². The van der Waals surface area contributed by atoms with Crippen LogP contribution in [0.4, 0.5) is 13.2 Å². The van der Waals surface area contributed by atoms with Crippen LogP contribution in [0.5, 0.6) is 6.01 Å². The van der Waals surface area contributed by atoms with E-state index in [9.17, 15) is 18.0 Å². The Morgan fingerprint density at radius 1 is 1.04 bits per heavy atom. The third kappa shape index (κ3) is 4.26. The predicted molar refractivity (Wildman–Crippen MR) is 82.5 cm³/mol. The van der Waals surface area contributed by atoms with Crippen molar-refractivity contribution in [1.29, 1.82) is 0 Å². The minimum absolute atomic E-state index is 0.0994. The first-order valence-corrected chi connectivity index (χ1v) is 7.92. The van der Waals surface area contributed by atoms with E-state index >= 15 is 0 Å². The molecule has 0 aliphatic heterocycles. The van der Waals surface area contributed by atoms with Crippen LogP contribution in [0, 0.1) is 17.5 Å². The van der Waals surface area contributed by atoms with Crippen molar-refractivity contribution < 1.29 is 22.7 Å². The molecule has 1 aliphatic carbocycles. The summed E-state index contributed by atoms with van der Waals surface area (Å²) >= 11 is 0. The van der Waals surface area contributed by atoms with Gasteiger partial charge in [-0.2, -0.15) is 0 Å². The largest absolute Gasteiger partial charge is 0.460 e. The summed E-state index contributed by atoms with van der Waals surface area (Å²) in [5.74, 6) is -3.08. The first-order valence-electron chi connectivity index (χ1n) is 7.92. The van der Waals surface area contributed by atoms with Crippen molar-refractivity contribution in [2.75, 3.05) is 0 Å². The monoisotopic (exact) mass is 351 g/mol. The number of nitrogens with one attached hydrogen (secondary N) is 1. The second kappa shape index (κ2) is 7.50. The lowest BCUT2D eigenvalue weighted by atomic mass is 9.92. The van der Waals surface area contributed by atoms with Crippen LogP contribution in [0.3, 0.4) is 0 Å². The molecule has 1 N–H and O–H groups in total. The Labute approximate surface area is 142 Å². The highest BCUT2D eigenvalue weighted by Gasteiger charge is 2.26. The molecule has 8 heteroatoms. The van der Waals surface area contributed by atoms with Gasteiger partial charge in [-0.05, 0) is 37.8 Å². The number of nitrogens with zero attached hydrogens (tertiary/aromatic N) is 2. The van der Waals surface area contributed by atoms with Crippen LogP contribution in [0.15, 0.2) is 30.6 Å². The molecule has 5 nitrogen and oxygen atoms in total. The van der Waals surface area contributed by atoms with Gasteiger partial charge in [0.05, 0.1) is 12.4 Å². The topological polar surface area (TPSA) is 64.1 Å². The molecule has 0 bridgehead atoms. The number of hydrogen-bond donors (Lipinski definition) is 1. The molecule has 1 aliphatic rings. The zero-order valence-corrected chi connectivity index (χ0v) is 13.2. The Morgan fingerprint density at radius 3 is 2.24 bits per heavy atom. The maximum absolute atomic E-state index is 13.6. The molecular weight excluding hydrogens is 335 g/mol. The van der Waals surface area contributed by atoms with Gasteiger partial charge in [-0.15, -0.1) is 0 Å². The van der Waals surface area contributed by atoms with Crippen LogP contribution in [0.1, 0.15) is 36.0 Å². The van der Waals surface area contributed by atoms with Crippen LogP contribution < -0.4 is 10.1 Å². The molecule has 1 heterocycles. The zero-order chi connectivity index (χ0) is 17.8. The molecule has 1 fully saturated rings. The van der Waals surface area contributed by atoms with E-state index in [2.05, 4.69) is 15.3 Å². The highest BCUT2D eigenvalue weighted by atomic mass is 19.1. The quantitative estimate of drug-likeness (QED) is 0.920. The van der Waals surface area contributed by atoms with Gasteiger partial charge >= 0.3 is 6.01 Å². The van der Waals surface area contributed by atoms with E-state index in [1.807, 2.05) is 0 Å². The lowest BCUT2D eigenvalue weighted by Gasteiger charge is -2.28. The summed E-state index contributed by atoms with van der Waals surface area (Å²) in [5, 5.41) is 2.65. The van der Waals surface area contributed by atoms with Crippen molar-refractivity contribution in [3.8, 4) is 6.01 Å². The molecule has 1 amide bonds. The summed E-state index contributed by atoms with van der Waals surface area (Å²) in [6.45, 7) is 0. The standard InChI is InChI=1S/C17H16F3N3O2/c18-10-8-21-17(22-9-10)25-12-6-4-11(5-7-12)23-16(24)15-13(19)2-1-3-14(15)20/h1-3,8-9,11-12H,4-7H2,(H,23,24). The lowest BCUT2D eigenvalue weighted by molar-refractivity contribution is 0.0877. The number of rotatable bonds is 4. The fourth-order valence-corrected chi connectivity index (χ4v) is 2.81. The minimum Gasteiger partial charge on any atom is -0.460 e. The second-order valence-electron chi connectivity index (χ2n) is 5.85. The molecule has 25 heavy (non-hydrogen) atoms. The van der Waals surface area contributed by atoms with Crippen molar-refractivity contribution in [2.45, 2.75) is 37.8 Å². The van der Waals surface area contributed by atoms with E-state index in [4.69, 9.17) is 4.74 Å². The number of aromatic nitrogens is 2. The van der Waals surface area contributed by atoms with Crippen LogP contribution in [0.25, 0.3) is 0 Å². The second-order valence-corrected chi connectivity index (χ2v) is 5.85. The zero-order valence-electron chi connectivity index (χ0n) is 13.2. The Morgan fingerprint density at radius 2 is 1.64 bits per heavy atom. The third-order valence-electron chi connectivity index (χ3n) is 4.07. The van der Waals surface area contributed by atoms with Gasteiger partial charge in [0.15, 0.2) is 5.82 Å². The molecule has 0 radical (unpaired) electrons. The third-order valence-corrected chi connectivity index (χ3v) is 4.07. The van der Waals surface area contributed by atoms with Gasteiger partial charge in [-0.3, -0.25) is 4.79 Å². The normalized spacial score (nSPS) is 20.1. The Bertz CT molecular complexity index is 727. The van der Waals surface area contributed by atoms with Crippen molar-refractivity contribution in [3.63, 3.8) is 0 Å². The molecule has 0 atom stereocenters. The van der Waals surface area contributed by atoms with Crippen molar-refractivity contribution >= 4 is 5.91 Å². The van der Waals surface area contributed by atoms with Crippen molar-refractivity contribution in [2.24, 2.45) is 0 Å². The molecule has 0 saturated heterocycles. The van der Waals surface area contributed by atoms with Crippen LogP contribution >= 0.6 is 0 Å². The van der Waals surface area contributed by atoms with Crippen molar-refractivity contribution in [1.82, 2.24) is 15.3 Å². The van der Waals surface area contributed by atoms with Gasteiger partial charge in [0, 0.05) is 6.04 Å². The number of benzene rings is 1. The SMILES string of the molecule is O=C(NC1CCC(Oc2ncc(F)cn2)CC1)c1c(F)cccc1F. The highest BCUT2D eigenvalue weighted by Crippen LogP contribution is 2.23. The molecule has 2 aromatic rings. The smallest absolute Gasteiger partial charge is 0.316 e. The van der Waals surface area contributed by atoms with E-state index in [0.29, 0.717) is 25.7 Å². The van der Waals surface area contributed by atoms with Gasteiger partial charge in [0.2, 0.25) is 0 Å². The number of ether oxygens (including phenoxy) is 1. The number of halogens is 3. The number of carbonyl (C=O) groups excluding carboxylic acids is 1. The van der Waals surface area contributed by atoms with Gasteiger partial charge in [-0.25, -0.2) is 23.1 Å². The lowest BCUT2D eigenvalue weighted by Crippen LogP contribution is -2.40. The van der Waals surface area contributed by atoms with E-state index < -0.39 is 28.9 Å². The maximum Gasteiger partial charge on any atom is 0.316 e. The first kappa shape index (κ1) is 17.2. The van der Waals surface area contributed by atoms with E-state index in [0.717, 1.165) is 24.5 Å².